The molecular weight excluding hydrogens is 194 g/mol. The Kier molecular flexibility index (Phi) is 6.42. The van der Waals surface area contributed by atoms with Crippen LogP contribution in [0.15, 0.2) is 17.1 Å². The van der Waals surface area contributed by atoms with Gasteiger partial charge in [0, 0.05) is 12.0 Å². The summed E-state index contributed by atoms with van der Waals surface area (Å²) in [6.45, 7) is 10.6. The van der Waals surface area contributed by atoms with E-state index in [1.54, 1.807) is 0 Å². The molecule has 0 saturated carbocycles. The molecule has 1 N–H and O–H groups in total. The molecule has 0 bridgehead atoms. The van der Waals surface area contributed by atoms with Crippen molar-refractivity contribution >= 4 is 11.9 Å². The lowest BCUT2D eigenvalue weighted by Crippen LogP contribution is -2.02. The molecule has 1 rings (SSSR count). The van der Waals surface area contributed by atoms with Gasteiger partial charge in [0.05, 0.1) is 6.54 Å². The van der Waals surface area contributed by atoms with E-state index in [1.807, 2.05) is 0 Å². The quantitative estimate of drug-likeness (QED) is 0.730. The molecule has 0 spiro atoms. The highest BCUT2D eigenvalue weighted by Crippen LogP contribution is 2.06. The first kappa shape index (κ1) is 13.7. The fourth-order valence-electron chi connectivity index (χ4n) is 0.852. The van der Waals surface area contributed by atoms with Gasteiger partial charge < -0.3 is 9.84 Å². The molecule has 0 atom stereocenters. The van der Waals surface area contributed by atoms with Crippen LogP contribution in [0.3, 0.4) is 0 Å². The van der Waals surface area contributed by atoms with Gasteiger partial charge >= 0.3 is 5.97 Å². The Labute approximate surface area is 90.7 Å². The largest absolute Gasteiger partial charge is 0.479 e. The summed E-state index contributed by atoms with van der Waals surface area (Å²) in [5.74, 6) is 0.682. The molecule has 1 heterocycles. The highest BCUT2D eigenvalue weighted by Gasteiger charge is 2.07. The third kappa shape index (κ3) is 7.73. The van der Waals surface area contributed by atoms with Crippen molar-refractivity contribution in [1.82, 2.24) is 0 Å². The second-order valence-corrected chi connectivity index (χ2v) is 3.81. The number of aliphatic imine (C=N–C) groups is 1. The van der Waals surface area contributed by atoms with Gasteiger partial charge in [-0.1, -0.05) is 20.4 Å². The van der Waals surface area contributed by atoms with Crippen LogP contribution >= 0.6 is 0 Å². The third-order valence-electron chi connectivity index (χ3n) is 1.60. The summed E-state index contributed by atoms with van der Waals surface area (Å²) in [5.41, 5.74) is 0.176. The van der Waals surface area contributed by atoms with Gasteiger partial charge in [0.15, 0.2) is 5.90 Å². The molecule has 1 aliphatic rings. The molecule has 1 aliphatic heterocycles. The van der Waals surface area contributed by atoms with E-state index in [9.17, 15) is 4.79 Å². The fourth-order valence-corrected chi connectivity index (χ4v) is 0.852. The second kappa shape index (κ2) is 7.04. The van der Waals surface area contributed by atoms with Gasteiger partial charge in [-0.25, -0.2) is 4.79 Å². The van der Waals surface area contributed by atoms with E-state index in [4.69, 9.17) is 9.84 Å². The van der Waals surface area contributed by atoms with E-state index < -0.39 is 5.97 Å². The highest BCUT2D eigenvalue weighted by molar-refractivity contribution is 5.84. The van der Waals surface area contributed by atoms with Gasteiger partial charge in [-0.05, 0) is 12.8 Å². The van der Waals surface area contributed by atoms with Crippen molar-refractivity contribution in [1.29, 1.82) is 0 Å². The van der Waals surface area contributed by atoms with E-state index in [0.29, 0.717) is 5.92 Å². The Bertz CT molecular complexity index is 245. The number of ether oxygens (including phenoxy) is 1. The molecule has 15 heavy (non-hydrogen) atoms. The average molecular weight is 213 g/mol. The average Bonchev–Trinajstić information content (AvgIpc) is 2.56. The Morgan fingerprint density at radius 2 is 2.20 bits per heavy atom. The van der Waals surface area contributed by atoms with Crippen LogP contribution < -0.4 is 0 Å². The predicted octanol–water partition coefficient (Wildman–Crippen LogP) is 2.11. The standard InChI is InChI=1S/C7H13NO.C4H6O2/c1-6(2)5-7-8-3-4-9-7;1-3(2)4(5)6/h6H,3-5H2,1-2H3;1H2,2H3,(H,5,6). The molecule has 4 nitrogen and oxygen atoms in total. The minimum absolute atomic E-state index is 0.176. The van der Waals surface area contributed by atoms with E-state index in [2.05, 4.69) is 25.4 Å². The summed E-state index contributed by atoms with van der Waals surface area (Å²) >= 11 is 0. The van der Waals surface area contributed by atoms with Gasteiger partial charge in [-0.2, -0.15) is 0 Å². The Morgan fingerprint density at radius 3 is 2.47 bits per heavy atom. The van der Waals surface area contributed by atoms with Crippen molar-refractivity contribution in [3.05, 3.63) is 12.2 Å². The number of hydrogen-bond donors (Lipinski definition) is 1. The second-order valence-electron chi connectivity index (χ2n) is 3.81. The zero-order valence-electron chi connectivity index (χ0n) is 9.62. The number of rotatable bonds is 3. The first-order valence-corrected chi connectivity index (χ1v) is 4.98. The van der Waals surface area contributed by atoms with Crippen LogP contribution in [-0.2, 0) is 9.53 Å². The number of nitrogens with zero attached hydrogens (tertiary/aromatic N) is 1. The van der Waals surface area contributed by atoms with Gasteiger partial charge in [0.25, 0.3) is 0 Å². The van der Waals surface area contributed by atoms with Gasteiger partial charge in [-0.15, -0.1) is 0 Å². The van der Waals surface area contributed by atoms with Gasteiger partial charge in [-0.3, -0.25) is 4.99 Å². The smallest absolute Gasteiger partial charge is 0.330 e. The van der Waals surface area contributed by atoms with E-state index >= 15 is 0 Å². The zero-order valence-corrected chi connectivity index (χ0v) is 9.62. The summed E-state index contributed by atoms with van der Waals surface area (Å²) in [5, 5.41) is 7.89. The Hall–Kier alpha value is -1.32. The maximum absolute atomic E-state index is 9.60. The van der Waals surface area contributed by atoms with Crippen LogP contribution in [0.5, 0.6) is 0 Å². The van der Waals surface area contributed by atoms with E-state index in [1.165, 1.54) is 6.92 Å². The lowest BCUT2D eigenvalue weighted by molar-refractivity contribution is -0.132. The first-order chi connectivity index (χ1) is 6.93. The van der Waals surface area contributed by atoms with Crippen LogP contribution in [0, 0.1) is 5.92 Å². The molecule has 0 aromatic rings. The zero-order chi connectivity index (χ0) is 11.8. The van der Waals surface area contributed by atoms with Crippen LogP contribution in [0.2, 0.25) is 0 Å². The number of aliphatic carboxylic acids is 1. The van der Waals surface area contributed by atoms with Crippen molar-refractivity contribution in [2.45, 2.75) is 27.2 Å². The summed E-state index contributed by atoms with van der Waals surface area (Å²) in [4.78, 5) is 13.8. The summed E-state index contributed by atoms with van der Waals surface area (Å²) < 4.78 is 5.21. The molecule has 0 unspecified atom stereocenters. The number of carboxylic acids is 1. The summed E-state index contributed by atoms with van der Waals surface area (Å²) in [6.07, 6.45) is 1.00. The minimum atomic E-state index is -0.935. The molecule has 0 saturated heterocycles. The van der Waals surface area contributed by atoms with Crippen LogP contribution in [-0.4, -0.2) is 30.1 Å². The lowest BCUT2D eigenvalue weighted by atomic mass is 10.1. The number of carboxylic acid groups (broad SMARTS) is 1. The molecule has 86 valence electrons. The summed E-state index contributed by atoms with van der Waals surface area (Å²) in [7, 11) is 0. The topological polar surface area (TPSA) is 58.9 Å². The van der Waals surface area contributed by atoms with E-state index in [-0.39, 0.29) is 5.57 Å². The Morgan fingerprint density at radius 1 is 1.67 bits per heavy atom. The van der Waals surface area contributed by atoms with Crippen molar-refractivity contribution in [2.24, 2.45) is 10.9 Å². The van der Waals surface area contributed by atoms with Crippen molar-refractivity contribution in [2.75, 3.05) is 13.2 Å². The highest BCUT2D eigenvalue weighted by atomic mass is 16.5. The van der Waals surface area contributed by atoms with Crippen molar-refractivity contribution in [3.8, 4) is 0 Å². The van der Waals surface area contributed by atoms with Crippen LogP contribution in [0.1, 0.15) is 27.2 Å². The van der Waals surface area contributed by atoms with Crippen LogP contribution in [0.25, 0.3) is 0 Å². The number of carbonyl (C=O) groups is 1. The maximum atomic E-state index is 9.60. The molecule has 4 heteroatoms. The maximum Gasteiger partial charge on any atom is 0.330 e. The summed E-state index contributed by atoms with van der Waals surface area (Å²) in [6, 6.07) is 0. The van der Waals surface area contributed by atoms with Crippen LogP contribution in [0.4, 0.5) is 0 Å². The third-order valence-corrected chi connectivity index (χ3v) is 1.60. The van der Waals surface area contributed by atoms with Crippen molar-refractivity contribution < 1.29 is 14.6 Å². The molecule has 0 radical (unpaired) electrons. The van der Waals surface area contributed by atoms with Gasteiger partial charge in [0.1, 0.15) is 6.61 Å². The number of hydrogen-bond acceptors (Lipinski definition) is 3. The van der Waals surface area contributed by atoms with E-state index in [0.717, 1.165) is 25.5 Å². The monoisotopic (exact) mass is 213 g/mol. The molecule has 0 aromatic heterocycles. The molecule has 0 amide bonds. The van der Waals surface area contributed by atoms with Gasteiger partial charge in [0.2, 0.25) is 0 Å². The molecule has 0 aliphatic carbocycles. The first-order valence-electron chi connectivity index (χ1n) is 4.98. The molecule has 0 fully saturated rings. The minimum Gasteiger partial charge on any atom is -0.479 e. The molecule has 0 aromatic carbocycles. The fraction of sp³-hybridized carbons (Fsp3) is 0.636. The predicted molar refractivity (Wildman–Crippen MR) is 60.2 cm³/mol. The Balaban J connectivity index is 0.000000288. The SMILES string of the molecule is C=C(C)C(=O)O.CC(C)CC1=NCCO1. The lowest BCUT2D eigenvalue weighted by Gasteiger charge is -2.02. The normalized spacial score (nSPS) is 13.7. The molecular formula is C11H19NO3. The van der Waals surface area contributed by atoms with Crippen molar-refractivity contribution in [3.63, 3.8) is 0 Å².